The molecule has 0 aromatic rings. The minimum atomic E-state index is -1.20. The number of aliphatic carboxylic acids is 2. The van der Waals surface area contributed by atoms with Crippen LogP contribution in [-0.4, -0.2) is 64.1 Å². The number of urea groups is 1. The predicted octanol–water partition coefficient (Wildman–Crippen LogP) is -1.00. The average Bonchev–Trinajstić information content (AvgIpc) is 2.42. The lowest BCUT2D eigenvalue weighted by atomic mass is 10.2. The summed E-state index contributed by atoms with van der Waals surface area (Å²) in [6, 6.07) is -2.58. The van der Waals surface area contributed by atoms with Gasteiger partial charge in [0.1, 0.15) is 12.1 Å². The summed E-state index contributed by atoms with van der Waals surface area (Å²) in [4.78, 5) is 52.3. The van der Waals surface area contributed by atoms with Crippen LogP contribution in [-0.2, 0) is 19.2 Å². The van der Waals surface area contributed by atoms with Gasteiger partial charge < -0.3 is 20.8 Å². The molecule has 1 aliphatic heterocycles. The second-order valence-electron chi connectivity index (χ2n) is 4.49. The molecular formula is C12H19N3O7S. The van der Waals surface area contributed by atoms with E-state index >= 15 is 0 Å². The molecule has 1 unspecified atom stereocenters. The Morgan fingerprint density at radius 2 is 1.96 bits per heavy atom. The molecule has 2 atom stereocenters. The number of hydrogen-bond donors (Lipinski definition) is 5. The van der Waals surface area contributed by atoms with Gasteiger partial charge in [0.2, 0.25) is 11.8 Å². The van der Waals surface area contributed by atoms with Crippen LogP contribution in [0, 0.1) is 0 Å². The number of nitrogens with one attached hydrogen (secondary N) is 3. The topological polar surface area (TPSA) is 162 Å². The Kier molecular flexibility index (Phi) is 9.39. The molecule has 0 aliphatic carbocycles. The highest BCUT2D eigenvalue weighted by molar-refractivity contribution is 7.98. The number of hydrogen-bond acceptors (Lipinski definition) is 6. The van der Waals surface area contributed by atoms with Crippen LogP contribution in [0.15, 0.2) is 0 Å². The standard InChI is InChI=1S/C7H13NO3S.C5H6N2O4/c1-5(9)8-6(7(10)11)3-4-12-2;8-3-1-2(4(9)10)6-5(11)7-3/h6H,3-4H2,1-2H3,(H,8,9)(H,10,11);2H,1H2,(H,9,10)(H2,6,7,8,11)/t6-;/m0./s1. The van der Waals surface area contributed by atoms with E-state index in [2.05, 4.69) is 10.6 Å². The number of rotatable bonds is 6. The van der Waals surface area contributed by atoms with E-state index in [9.17, 15) is 24.0 Å². The van der Waals surface area contributed by atoms with Gasteiger partial charge in [-0.1, -0.05) is 0 Å². The molecule has 0 spiro atoms. The maximum atomic E-state index is 10.6. The number of carboxylic acids is 2. The normalized spacial score (nSPS) is 17.7. The SMILES string of the molecule is CSCC[C@H](NC(C)=O)C(=O)O.O=C1CC(C(=O)O)NC(=O)N1. The van der Waals surface area contributed by atoms with Crippen molar-refractivity contribution in [3.8, 4) is 0 Å². The fraction of sp³-hybridized carbons (Fsp3) is 0.583. The van der Waals surface area contributed by atoms with Crippen LogP contribution in [0.2, 0.25) is 0 Å². The van der Waals surface area contributed by atoms with E-state index in [1.165, 1.54) is 6.92 Å². The monoisotopic (exact) mass is 349 g/mol. The van der Waals surface area contributed by atoms with Crippen molar-refractivity contribution in [2.75, 3.05) is 12.0 Å². The van der Waals surface area contributed by atoms with Crippen molar-refractivity contribution < 1.29 is 34.2 Å². The van der Waals surface area contributed by atoms with Crippen LogP contribution in [0.1, 0.15) is 19.8 Å². The Balaban J connectivity index is 0.000000422. The van der Waals surface area contributed by atoms with Crippen LogP contribution in [0.3, 0.4) is 0 Å². The van der Waals surface area contributed by atoms with Gasteiger partial charge in [0, 0.05) is 6.92 Å². The zero-order chi connectivity index (χ0) is 18.0. The van der Waals surface area contributed by atoms with Gasteiger partial charge in [-0.05, 0) is 18.4 Å². The summed E-state index contributed by atoms with van der Waals surface area (Å²) in [5.74, 6) is -2.31. The molecule has 130 valence electrons. The van der Waals surface area contributed by atoms with Crippen molar-refractivity contribution in [3.05, 3.63) is 0 Å². The molecule has 11 heteroatoms. The van der Waals surface area contributed by atoms with Gasteiger partial charge in [-0.15, -0.1) is 0 Å². The number of imide groups is 1. The minimum absolute atomic E-state index is 0.207. The highest BCUT2D eigenvalue weighted by atomic mass is 32.2. The van der Waals surface area contributed by atoms with Crippen molar-refractivity contribution >= 4 is 41.5 Å². The van der Waals surface area contributed by atoms with Crippen LogP contribution in [0.5, 0.6) is 0 Å². The molecule has 0 aromatic heterocycles. The second kappa shape index (κ2) is 10.4. The summed E-state index contributed by atoms with van der Waals surface area (Å²) < 4.78 is 0. The molecule has 1 fully saturated rings. The fourth-order valence-electron chi connectivity index (χ4n) is 1.50. The van der Waals surface area contributed by atoms with Gasteiger partial charge in [0.05, 0.1) is 6.42 Å². The molecule has 0 bridgehead atoms. The first-order chi connectivity index (χ1) is 10.7. The van der Waals surface area contributed by atoms with Gasteiger partial charge in [-0.3, -0.25) is 14.9 Å². The van der Waals surface area contributed by atoms with Gasteiger partial charge in [0.15, 0.2) is 0 Å². The summed E-state index contributed by atoms with van der Waals surface area (Å²) in [5, 5.41) is 23.4. The van der Waals surface area contributed by atoms with Gasteiger partial charge in [0.25, 0.3) is 0 Å². The highest BCUT2D eigenvalue weighted by Crippen LogP contribution is 2.00. The lowest BCUT2D eigenvalue weighted by Gasteiger charge is -2.18. The molecule has 0 radical (unpaired) electrons. The third-order valence-corrected chi connectivity index (χ3v) is 3.18. The molecule has 23 heavy (non-hydrogen) atoms. The third-order valence-electron chi connectivity index (χ3n) is 2.53. The van der Waals surface area contributed by atoms with E-state index in [0.29, 0.717) is 6.42 Å². The first-order valence-electron chi connectivity index (χ1n) is 6.49. The second-order valence-corrected chi connectivity index (χ2v) is 5.48. The van der Waals surface area contributed by atoms with Gasteiger partial charge in [-0.2, -0.15) is 11.8 Å². The molecular weight excluding hydrogens is 330 g/mol. The molecule has 1 heterocycles. The van der Waals surface area contributed by atoms with Crippen molar-refractivity contribution in [1.29, 1.82) is 0 Å². The number of carbonyl (C=O) groups excluding carboxylic acids is 3. The van der Waals surface area contributed by atoms with Crippen LogP contribution in [0.25, 0.3) is 0 Å². The molecule has 1 rings (SSSR count). The van der Waals surface area contributed by atoms with Crippen LogP contribution < -0.4 is 16.0 Å². The molecule has 0 saturated carbocycles. The fourth-order valence-corrected chi connectivity index (χ4v) is 1.97. The minimum Gasteiger partial charge on any atom is -0.480 e. The zero-order valence-corrected chi connectivity index (χ0v) is 13.4. The van der Waals surface area contributed by atoms with E-state index in [4.69, 9.17) is 10.2 Å². The lowest BCUT2D eigenvalue weighted by Crippen LogP contribution is -2.55. The smallest absolute Gasteiger partial charge is 0.326 e. The molecule has 0 aromatic carbocycles. The van der Waals surface area contributed by atoms with E-state index in [1.807, 2.05) is 11.6 Å². The average molecular weight is 349 g/mol. The molecule has 1 aliphatic rings. The molecule has 1 saturated heterocycles. The maximum absolute atomic E-state index is 10.6. The Labute approximate surface area is 136 Å². The van der Waals surface area contributed by atoms with Crippen LogP contribution in [0.4, 0.5) is 4.79 Å². The van der Waals surface area contributed by atoms with Crippen molar-refractivity contribution in [2.24, 2.45) is 0 Å². The first kappa shape index (κ1) is 20.7. The summed E-state index contributed by atoms with van der Waals surface area (Å²) in [6.45, 7) is 1.31. The van der Waals surface area contributed by atoms with Gasteiger partial charge in [-0.25, -0.2) is 14.4 Å². The van der Waals surface area contributed by atoms with Gasteiger partial charge >= 0.3 is 18.0 Å². The Hall–Kier alpha value is -2.30. The van der Waals surface area contributed by atoms with E-state index < -0.39 is 36.0 Å². The van der Waals surface area contributed by atoms with Crippen molar-refractivity contribution in [2.45, 2.75) is 31.8 Å². The quantitative estimate of drug-likeness (QED) is 0.408. The summed E-state index contributed by atoms with van der Waals surface area (Å²) in [7, 11) is 0. The van der Waals surface area contributed by atoms with E-state index in [0.717, 1.165) is 5.75 Å². The largest absolute Gasteiger partial charge is 0.480 e. The maximum Gasteiger partial charge on any atom is 0.326 e. The van der Waals surface area contributed by atoms with E-state index in [-0.39, 0.29) is 12.3 Å². The lowest BCUT2D eigenvalue weighted by molar-refractivity contribution is -0.142. The Morgan fingerprint density at radius 1 is 1.35 bits per heavy atom. The Bertz CT molecular complexity index is 467. The predicted molar refractivity (Wildman–Crippen MR) is 81.0 cm³/mol. The van der Waals surface area contributed by atoms with E-state index in [1.54, 1.807) is 11.8 Å². The molecule has 4 amide bonds. The van der Waals surface area contributed by atoms with Crippen molar-refractivity contribution in [3.63, 3.8) is 0 Å². The Morgan fingerprint density at radius 3 is 2.35 bits per heavy atom. The van der Waals surface area contributed by atoms with Crippen molar-refractivity contribution in [1.82, 2.24) is 16.0 Å². The third kappa shape index (κ3) is 9.34. The van der Waals surface area contributed by atoms with Crippen LogP contribution >= 0.6 is 11.8 Å². The summed E-state index contributed by atoms with van der Waals surface area (Å²) >= 11 is 1.56. The number of amides is 4. The number of carboxylic acid groups (broad SMARTS) is 2. The zero-order valence-electron chi connectivity index (χ0n) is 12.6. The first-order valence-corrected chi connectivity index (χ1v) is 7.88. The number of carbonyl (C=O) groups is 5. The molecule has 5 N–H and O–H groups in total. The molecule has 10 nitrogen and oxygen atoms in total. The summed E-state index contributed by atoms with van der Waals surface area (Å²) in [6.07, 6.45) is 2.16. The summed E-state index contributed by atoms with van der Waals surface area (Å²) in [5.41, 5.74) is 0. The number of thioether (sulfide) groups is 1. The highest BCUT2D eigenvalue weighted by Gasteiger charge is 2.28.